The number of hydrogen-bond acceptors (Lipinski definition) is 3. The van der Waals surface area contributed by atoms with Gasteiger partial charge in [0.2, 0.25) is 5.91 Å². The van der Waals surface area contributed by atoms with Gasteiger partial charge in [-0.15, -0.1) is 0 Å². The fraction of sp³-hybridized carbons (Fsp3) is 0.118. The minimum atomic E-state index is -3.50. The molecule has 114 valence electrons. The van der Waals surface area contributed by atoms with E-state index in [1.54, 1.807) is 0 Å². The van der Waals surface area contributed by atoms with Crippen LogP contribution < -0.4 is 5.73 Å². The molecule has 0 saturated heterocycles. The third-order valence-corrected chi connectivity index (χ3v) is 4.81. The summed E-state index contributed by atoms with van der Waals surface area (Å²) < 4.78 is 22.6. The molecule has 1 amide bonds. The average molecular weight is 315 g/mol. The molecular formula is C17H17NO3S. The quantitative estimate of drug-likeness (QED) is 0.804. The van der Waals surface area contributed by atoms with E-state index in [1.807, 2.05) is 0 Å². The molecule has 0 radical (unpaired) electrons. The largest absolute Gasteiger partial charge is 0.366 e. The van der Waals surface area contributed by atoms with E-state index in [0.29, 0.717) is 0 Å². The van der Waals surface area contributed by atoms with Crippen LogP contribution >= 0.6 is 0 Å². The Morgan fingerprint density at radius 3 is 2.32 bits per heavy atom. The molecule has 0 heterocycles. The minimum Gasteiger partial charge on any atom is -0.366 e. The van der Waals surface area contributed by atoms with Gasteiger partial charge in [-0.1, -0.05) is 37.8 Å². The normalized spacial score (nSPS) is 11.1. The highest BCUT2D eigenvalue weighted by molar-refractivity contribution is 7.94. The van der Waals surface area contributed by atoms with Crippen molar-refractivity contribution in [2.24, 2.45) is 5.73 Å². The molecule has 3 rings (SSSR count). The zero-order valence-corrected chi connectivity index (χ0v) is 13.1. The lowest BCUT2D eigenvalue weighted by Gasteiger charge is -2.19. The Kier molecular flexibility index (Phi) is 4.47. The number of aryl methyl sites for hydroxylation is 1. The lowest BCUT2D eigenvalue weighted by Crippen LogP contribution is -2.11. The van der Waals surface area contributed by atoms with Gasteiger partial charge in [0.25, 0.3) is 0 Å². The van der Waals surface area contributed by atoms with E-state index in [9.17, 15) is 13.2 Å². The molecule has 0 aromatic heterocycles. The molecular weight excluding hydrogens is 298 g/mol. The number of primary amides is 1. The average Bonchev–Trinajstić information content (AvgIpc) is 2.50. The van der Waals surface area contributed by atoms with Crippen LogP contribution in [0.5, 0.6) is 0 Å². The maximum Gasteiger partial charge on any atom is 0.248 e. The molecule has 0 unspecified atom stereocenters. The fourth-order valence-electron chi connectivity index (χ4n) is 2.08. The maximum atomic E-state index is 11.3. The van der Waals surface area contributed by atoms with Crippen molar-refractivity contribution < 1.29 is 13.2 Å². The summed E-state index contributed by atoms with van der Waals surface area (Å²) in [6, 6.07) is 12.1. The summed E-state index contributed by atoms with van der Waals surface area (Å²) in [5.74, 6) is -0.661. The molecule has 2 aliphatic rings. The van der Waals surface area contributed by atoms with Gasteiger partial charge in [0.1, 0.15) is 0 Å². The summed E-state index contributed by atoms with van der Waals surface area (Å²) in [5, 5.41) is 0.826. The van der Waals surface area contributed by atoms with Crippen LogP contribution in [0.3, 0.4) is 0 Å². The predicted octanol–water partition coefficient (Wildman–Crippen LogP) is 2.93. The molecule has 2 aliphatic carbocycles. The molecule has 0 atom stereocenters. The van der Waals surface area contributed by atoms with Crippen molar-refractivity contribution in [2.45, 2.75) is 18.2 Å². The molecule has 0 bridgehead atoms. The Bertz CT molecular complexity index is 839. The molecule has 22 heavy (non-hydrogen) atoms. The first-order valence-electron chi connectivity index (χ1n) is 6.79. The summed E-state index contributed by atoms with van der Waals surface area (Å²) in [6.07, 6.45) is 1.20. The first-order chi connectivity index (χ1) is 10.4. The molecule has 4 nitrogen and oxygen atoms in total. The number of fused-ring (bicyclic) bond motifs is 1. The fourth-order valence-corrected chi connectivity index (χ4v) is 2.84. The van der Waals surface area contributed by atoms with Crippen LogP contribution in [0.2, 0.25) is 0 Å². The topological polar surface area (TPSA) is 77.2 Å². The summed E-state index contributed by atoms with van der Waals surface area (Å²) in [5.41, 5.74) is 9.66. The van der Waals surface area contributed by atoms with Crippen LogP contribution in [-0.2, 0) is 16.3 Å². The van der Waals surface area contributed by atoms with Crippen LogP contribution in [0, 0.1) is 0 Å². The van der Waals surface area contributed by atoms with Gasteiger partial charge in [0, 0.05) is 11.0 Å². The van der Waals surface area contributed by atoms with E-state index in [2.05, 4.69) is 31.7 Å². The first kappa shape index (κ1) is 16.0. The van der Waals surface area contributed by atoms with Gasteiger partial charge in [0.15, 0.2) is 9.84 Å². The lowest BCUT2D eigenvalue weighted by molar-refractivity contribution is 0.1000. The molecule has 2 N–H and O–H groups in total. The van der Waals surface area contributed by atoms with Crippen molar-refractivity contribution in [1.29, 1.82) is 0 Å². The Morgan fingerprint density at radius 1 is 1.23 bits per heavy atom. The SMILES string of the molecule is C=CS(=O)(=O)c1cccc(C(N)=O)c1.CCc1cc2ccc1-2. The lowest BCUT2D eigenvalue weighted by atomic mass is 9.86. The molecule has 5 heteroatoms. The Hall–Kier alpha value is -2.40. The van der Waals surface area contributed by atoms with E-state index >= 15 is 0 Å². The molecule has 1 aromatic rings. The Balaban J connectivity index is 0.000000183. The first-order valence-corrected chi connectivity index (χ1v) is 8.34. The predicted molar refractivity (Wildman–Crippen MR) is 87.2 cm³/mol. The van der Waals surface area contributed by atoms with Crippen LogP contribution in [0.15, 0.2) is 59.3 Å². The van der Waals surface area contributed by atoms with Gasteiger partial charge in [-0.05, 0) is 41.3 Å². The van der Waals surface area contributed by atoms with Crippen LogP contribution in [0.4, 0.5) is 0 Å². The zero-order valence-electron chi connectivity index (χ0n) is 12.2. The van der Waals surface area contributed by atoms with Crippen molar-refractivity contribution in [2.75, 3.05) is 0 Å². The van der Waals surface area contributed by atoms with Crippen molar-refractivity contribution in [3.8, 4) is 11.1 Å². The van der Waals surface area contributed by atoms with Gasteiger partial charge >= 0.3 is 0 Å². The molecule has 0 aliphatic heterocycles. The van der Waals surface area contributed by atoms with Crippen molar-refractivity contribution in [3.05, 3.63) is 65.6 Å². The maximum absolute atomic E-state index is 11.3. The van der Waals surface area contributed by atoms with Crippen molar-refractivity contribution in [1.82, 2.24) is 0 Å². The molecule has 0 fully saturated rings. The number of carbonyl (C=O) groups excluding carboxylic acids is 1. The van der Waals surface area contributed by atoms with Crippen LogP contribution in [-0.4, -0.2) is 14.3 Å². The zero-order chi connectivity index (χ0) is 16.3. The van der Waals surface area contributed by atoms with Gasteiger partial charge in [-0.3, -0.25) is 4.79 Å². The van der Waals surface area contributed by atoms with Gasteiger partial charge in [0.05, 0.1) is 4.90 Å². The third kappa shape index (κ3) is 3.09. The number of benzene rings is 2. The second-order valence-corrected chi connectivity index (χ2v) is 6.72. The number of hydrogen-bond donors (Lipinski definition) is 1. The van der Waals surface area contributed by atoms with E-state index < -0.39 is 15.7 Å². The molecule has 1 aromatic carbocycles. The Morgan fingerprint density at radius 2 is 1.95 bits per heavy atom. The second kappa shape index (κ2) is 6.15. The monoisotopic (exact) mass is 315 g/mol. The van der Waals surface area contributed by atoms with Crippen LogP contribution in [0.25, 0.3) is 11.1 Å². The summed E-state index contributed by atoms with van der Waals surface area (Å²) in [6.45, 7) is 5.38. The van der Waals surface area contributed by atoms with Gasteiger partial charge < -0.3 is 5.73 Å². The standard InChI is InChI=1S/C9H9NO3S.C8H8/c1-2-14(12,13)8-5-3-4-7(6-8)9(10)11;1-2-6-5-7-3-4-8(6)7/h2-6H,1H2,(H2,10,11);3-5H,2H2,1H3. The highest BCUT2D eigenvalue weighted by Crippen LogP contribution is 2.36. The number of carbonyl (C=O) groups is 1. The summed E-state index contributed by atoms with van der Waals surface area (Å²) in [4.78, 5) is 10.8. The van der Waals surface area contributed by atoms with Crippen molar-refractivity contribution in [3.63, 3.8) is 0 Å². The molecule has 0 saturated carbocycles. The van der Waals surface area contributed by atoms with Crippen molar-refractivity contribution >= 4 is 15.7 Å². The second-order valence-electron chi connectivity index (χ2n) is 4.83. The number of rotatable bonds is 4. The third-order valence-electron chi connectivity index (χ3n) is 3.46. The molecule has 0 spiro atoms. The summed E-state index contributed by atoms with van der Waals surface area (Å²) >= 11 is 0. The minimum absolute atomic E-state index is 0.0174. The Labute approximate surface area is 130 Å². The highest BCUT2D eigenvalue weighted by atomic mass is 32.2. The van der Waals surface area contributed by atoms with Gasteiger partial charge in [-0.25, -0.2) is 8.42 Å². The number of sulfone groups is 1. The number of nitrogens with two attached hydrogens (primary N) is 1. The number of amides is 1. The van der Waals surface area contributed by atoms with E-state index in [-0.39, 0.29) is 10.5 Å². The smallest absolute Gasteiger partial charge is 0.248 e. The van der Waals surface area contributed by atoms with Gasteiger partial charge in [-0.2, -0.15) is 0 Å². The van der Waals surface area contributed by atoms with E-state index in [0.717, 1.165) is 5.41 Å². The van der Waals surface area contributed by atoms with Crippen LogP contribution in [0.1, 0.15) is 22.8 Å². The van der Waals surface area contributed by atoms with E-state index in [4.69, 9.17) is 5.73 Å². The summed E-state index contributed by atoms with van der Waals surface area (Å²) in [7, 11) is -3.50. The van der Waals surface area contributed by atoms with E-state index in [1.165, 1.54) is 47.4 Å². The highest BCUT2D eigenvalue weighted by Gasteiger charge is 2.13.